The van der Waals surface area contributed by atoms with Gasteiger partial charge in [-0.1, -0.05) is 12.1 Å². The number of nitrogens with zero attached hydrogens (tertiary/aromatic N) is 1. The molecule has 1 aromatic carbocycles. The molecule has 0 heterocycles. The molecule has 0 saturated carbocycles. The number of esters is 1. The van der Waals surface area contributed by atoms with Crippen LogP contribution in [0.15, 0.2) is 24.3 Å². The van der Waals surface area contributed by atoms with Crippen molar-refractivity contribution in [3.8, 4) is 5.75 Å². The quantitative estimate of drug-likeness (QED) is 0.727. The SMILES string of the molecule is CCOC(=O)C[C@H](c1ccc(OC)cc1)N(C)C. The third-order valence-electron chi connectivity index (χ3n) is 2.79. The Bertz CT molecular complexity index is 373. The van der Waals surface area contributed by atoms with Gasteiger partial charge in [0.2, 0.25) is 0 Å². The summed E-state index contributed by atoms with van der Waals surface area (Å²) in [6, 6.07) is 7.77. The lowest BCUT2D eigenvalue weighted by Gasteiger charge is -2.24. The van der Waals surface area contributed by atoms with E-state index in [0.717, 1.165) is 11.3 Å². The van der Waals surface area contributed by atoms with Crippen LogP contribution in [-0.2, 0) is 9.53 Å². The molecular formula is C14H21NO3. The molecule has 0 radical (unpaired) electrons. The number of carbonyl (C=O) groups excluding carboxylic acids is 1. The summed E-state index contributed by atoms with van der Waals surface area (Å²) in [5, 5.41) is 0. The van der Waals surface area contributed by atoms with Crippen LogP contribution in [0.4, 0.5) is 0 Å². The van der Waals surface area contributed by atoms with Gasteiger partial charge in [-0.25, -0.2) is 0 Å². The second kappa shape index (κ2) is 7.01. The highest BCUT2D eigenvalue weighted by Crippen LogP contribution is 2.24. The van der Waals surface area contributed by atoms with Gasteiger partial charge in [-0.05, 0) is 38.7 Å². The lowest BCUT2D eigenvalue weighted by atomic mass is 10.0. The maximum absolute atomic E-state index is 11.6. The summed E-state index contributed by atoms with van der Waals surface area (Å²) < 4.78 is 10.1. The van der Waals surface area contributed by atoms with Gasteiger partial charge in [0.25, 0.3) is 0 Å². The van der Waals surface area contributed by atoms with Crippen molar-refractivity contribution in [2.45, 2.75) is 19.4 Å². The number of ether oxygens (including phenoxy) is 2. The van der Waals surface area contributed by atoms with Gasteiger partial charge in [-0.3, -0.25) is 4.79 Å². The van der Waals surface area contributed by atoms with Gasteiger partial charge >= 0.3 is 5.97 Å². The molecule has 0 fully saturated rings. The van der Waals surface area contributed by atoms with Crippen molar-refractivity contribution in [1.82, 2.24) is 4.90 Å². The van der Waals surface area contributed by atoms with E-state index < -0.39 is 0 Å². The van der Waals surface area contributed by atoms with E-state index in [2.05, 4.69) is 0 Å². The molecule has 1 rings (SSSR count). The van der Waals surface area contributed by atoms with Crippen LogP contribution in [0.5, 0.6) is 5.75 Å². The number of hydrogen-bond acceptors (Lipinski definition) is 4. The second-order valence-electron chi connectivity index (χ2n) is 4.26. The minimum Gasteiger partial charge on any atom is -0.497 e. The molecule has 0 unspecified atom stereocenters. The van der Waals surface area contributed by atoms with E-state index in [9.17, 15) is 4.79 Å². The third kappa shape index (κ3) is 4.04. The molecule has 4 heteroatoms. The lowest BCUT2D eigenvalue weighted by Crippen LogP contribution is -2.23. The minimum atomic E-state index is -0.174. The fourth-order valence-corrected chi connectivity index (χ4v) is 1.80. The Labute approximate surface area is 108 Å². The molecular weight excluding hydrogens is 230 g/mol. The van der Waals surface area contributed by atoms with Crippen LogP contribution >= 0.6 is 0 Å². The smallest absolute Gasteiger partial charge is 0.307 e. The molecule has 0 aromatic heterocycles. The molecule has 0 aliphatic carbocycles. The fourth-order valence-electron chi connectivity index (χ4n) is 1.80. The molecule has 0 N–H and O–H groups in total. The zero-order chi connectivity index (χ0) is 13.5. The Morgan fingerprint density at radius 2 is 1.89 bits per heavy atom. The van der Waals surface area contributed by atoms with E-state index in [4.69, 9.17) is 9.47 Å². The van der Waals surface area contributed by atoms with Gasteiger partial charge in [-0.15, -0.1) is 0 Å². The molecule has 4 nitrogen and oxygen atoms in total. The van der Waals surface area contributed by atoms with Crippen LogP contribution in [0.2, 0.25) is 0 Å². The molecule has 1 atom stereocenters. The van der Waals surface area contributed by atoms with Crippen LogP contribution < -0.4 is 4.74 Å². The van der Waals surface area contributed by atoms with Gasteiger partial charge in [0.15, 0.2) is 0 Å². The van der Waals surface area contributed by atoms with E-state index in [1.807, 2.05) is 50.2 Å². The topological polar surface area (TPSA) is 38.8 Å². The van der Waals surface area contributed by atoms with Crippen LogP contribution in [0.1, 0.15) is 24.9 Å². The Balaban J connectivity index is 2.80. The summed E-state index contributed by atoms with van der Waals surface area (Å²) in [5.74, 6) is 0.638. The predicted octanol–water partition coefficient (Wildman–Crippen LogP) is 2.25. The summed E-state index contributed by atoms with van der Waals surface area (Å²) in [4.78, 5) is 13.6. The highest BCUT2D eigenvalue weighted by atomic mass is 16.5. The number of hydrogen-bond donors (Lipinski definition) is 0. The number of benzene rings is 1. The average Bonchev–Trinajstić information content (AvgIpc) is 2.36. The molecule has 0 spiro atoms. The van der Waals surface area contributed by atoms with Crippen molar-refractivity contribution < 1.29 is 14.3 Å². The van der Waals surface area contributed by atoms with Crippen LogP contribution in [0.3, 0.4) is 0 Å². The van der Waals surface area contributed by atoms with Crippen molar-refractivity contribution in [2.75, 3.05) is 27.8 Å². The van der Waals surface area contributed by atoms with E-state index in [1.165, 1.54) is 0 Å². The molecule has 100 valence electrons. The third-order valence-corrected chi connectivity index (χ3v) is 2.79. The molecule has 0 aliphatic rings. The standard InChI is InChI=1S/C14H21NO3/c1-5-18-14(16)10-13(15(2)3)11-6-8-12(17-4)9-7-11/h6-9,13H,5,10H2,1-4H3/t13-/m1/s1. The first-order chi connectivity index (χ1) is 8.58. The molecule has 0 aliphatic heterocycles. The maximum atomic E-state index is 11.6. The monoisotopic (exact) mass is 251 g/mol. The van der Waals surface area contributed by atoms with Crippen molar-refractivity contribution in [1.29, 1.82) is 0 Å². The van der Waals surface area contributed by atoms with Crippen LogP contribution in [0.25, 0.3) is 0 Å². The zero-order valence-corrected chi connectivity index (χ0v) is 11.5. The van der Waals surface area contributed by atoms with Crippen molar-refractivity contribution in [3.63, 3.8) is 0 Å². The Kier molecular flexibility index (Phi) is 5.65. The normalized spacial score (nSPS) is 12.3. The van der Waals surface area contributed by atoms with Gasteiger partial charge in [-0.2, -0.15) is 0 Å². The van der Waals surface area contributed by atoms with Crippen LogP contribution in [-0.4, -0.2) is 38.7 Å². The number of methoxy groups -OCH3 is 1. The number of carbonyl (C=O) groups is 1. The highest BCUT2D eigenvalue weighted by molar-refractivity contribution is 5.70. The summed E-state index contributed by atoms with van der Waals surface area (Å²) >= 11 is 0. The summed E-state index contributed by atoms with van der Waals surface area (Å²) in [7, 11) is 5.54. The Morgan fingerprint density at radius 1 is 1.28 bits per heavy atom. The number of rotatable bonds is 6. The minimum absolute atomic E-state index is 0.0231. The molecule has 1 aromatic rings. The van der Waals surface area contributed by atoms with Crippen LogP contribution in [0, 0.1) is 0 Å². The van der Waals surface area contributed by atoms with Gasteiger partial charge in [0.1, 0.15) is 5.75 Å². The fraction of sp³-hybridized carbons (Fsp3) is 0.500. The zero-order valence-electron chi connectivity index (χ0n) is 11.5. The van der Waals surface area contributed by atoms with E-state index in [-0.39, 0.29) is 12.0 Å². The Morgan fingerprint density at radius 3 is 2.33 bits per heavy atom. The van der Waals surface area contributed by atoms with Gasteiger partial charge in [0.05, 0.1) is 20.1 Å². The first kappa shape index (κ1) is 14.5. The van der Waals surface area contributed by atoms with E-state index >= 15 is 0 Å². The molecule has 18 heavy (non-hydrogen) atoms. The largest absolute Gasteiger partial charge is 0.497 e. The summed E-state index contributed by atoms with van der Waals surface area (Å²) in [6.07, 6.45) is 0.354. The van der Waals surface area contributed by atoms with Gasteiger partial charge in [0, 0.05) is 6.04 Å². The molecule has 0 saturated heterocycles. The van der Waals surface area contributed by atoms with Crippen molar-refractivity contribution in [2.24, 2.45) is 0 Å². The average molecular weight is 251 g/mol. The maximum Gasteiger partial charge on any atom is 0.307 e. The Hall–Kier alpha value is -1.55. The molecule has 0 bridgehead atoms. The lowest BCUT2D eigenvalue weighted by molar-refractivity contribution is -0.144. The second-order valence-corrected chi connectivity index (χ2v) is 4.26. The summed E-state index contributed by atoms with van der Waals surface area (Å²) in [5.41, 5.74) is 1.08. The van der Waals surface area contributed by atoms with Crippen molar-refractivity contribution >= 4 is 5.97 Å². The summed E-state index contributed by atoms with van der Waals surface area (Å²) in [6.45, 7) is 2.23. The predicted molar refractivity (Wildman–Crippen MR) is 70.7 cm³/mol. The highest BCUT2D eigenvalue weighted by Gasteiger charge is 2.18. The first-order valence-electron chi connectivity index (χ1n) is 6.04. The van der Waals surface area contributed by atoms with Gasteiger partial charge < -0.3 is 14.4 Å². The van der Waals surface area contributed by atoms with Crippen molar-refractivity contribution in [3.05, 3.63) is 29.8 Å². The van der Waals surface area contributed by atoms with E-state index in [1.54, 1.807) is 7.11 Å². The first-order valence-corrected chi connectivity index (χ1v) is 6.04. The van der Waals surface area contributed by atoms with E-state index in [0.29, 0.717) is 13.0 Å². The molecule has 0 amide bonds.